The molecule has 15 heteroatoms. The Morgan fingerprint density at radius 3 is 2.26 bits per heavy atom. The number of halogens is 1. The van der Waals surface area contributed by atoms with Crippen LogP contribution >= 0.6 is 11.6 Å². The number of phenolic OH excluding ortho intramolecular Hbond substituents is 1. The topological polar surface area (TPSA) is 251 Å². The maximum atomic E-state index is 13.6. The Morgan fingerprint density at radius 1 is 0.935 bits per heavy atom. The van der Waals surface area contributed by atoms with Gasteiger partial charge in [0.05, 0.1) is 24.1 Å². The lowest BCUT2D eigenvalue weighted by atomic mass is 10.0. The van der Waals surface area contributed by atoms with Gasteiger partial charge in [-0.25, -0.2) is 0 Å². The third-order valence-electron chi connectivity index (χ3n) is 7.31. The summed E-state index contributed by atoms with van der Waals surface area (Å²) in [5, 5.41) is 28.8. The summed E-state index contributed by atoms with van der Waals surface area (Å²) in [5.41, 5.74) is 19.2. The number of H-pyrrole nitrogens is 1. The molecule has 0 bridgehead atoms. The quantitative estimate of drug-likeness (QED) is 0.0399. The van der Waals surface area contributed by atoms with Crippen molar-refractivity contribution in [3.8, 4) is 5.75 Å². The molecule has 5 atom stereocenters. The Kier molecular flexibility index (Phi) is 13.4. The number of ketones is 1. The van der Waals surface area contributed by atoms with E-state index in [1.807, 2.05) is 24.3 Å². The molecule has 46 heavy (non-hydrogen) atoms. The average molecular weight is 657 g/mol. The van der Waals surface area contributed by atoms with Crippen molar-refractivity contribution in [3.63, 3.8) is 0 Å². The summed E-state index contributed by atoms with van der Waals surface area (Å²) in [6.07, 6.45) is 1.05. The first-order valence-corrected chi connectivity index (χ1v) is 15.2. The number of aromatic amines is 1. The van der Waals surface area contributed by atoms with Crippen molar-refractivity contribution in [1.29, 1.82) is 0 Å². The van der Waals surface area contributed by atoms with E-state index in [0.717, 1.165) is 16.5 Å². The molecule has 0 aliphatic rings. The summed E-state index contributed by atoms with van der Waals surface area (Å²) in [4.78, 5) is 59.5. The fourth-order valence-corrected chi connectivity index (χ4v) is 5.00. The molecular weight excluding hydrogens is 616 g/mol. The maximum absolute atomic E-state index is 13.6. The van der Waals surface area contributed by atoms with Crippen LogP contribution in [0.15, 0.2) is 59.7 Å². The molecule has 0 aliphatic carbocycles. The second-order valence-corrected chi connectivity index (χ2v) is 11.2. The van der Waals surface area contributed by atoms with E-state index in [0.29, 0.717) is 12.0 Å². The van der Waals surface area contributed by atoms with Gasteiger partial charge < -0.3 is 48.3 Å². The van der Waals surface area contributed by atoms with Crippen molar-refractivity contribution < 1.29 is 29.4 Å². The number of guanidine groups is 1. The van der Waals surface area contributed by atoms with Gasteiger partial charge in [0.1, 0.15) is 17.8 Å². The highest BCUT2D eigenvalue weighted by Gasteiger charge is 2.33. The second kappa shape index (κ2) is 17.1. The number of benzene rings is 2. The second-order valence-electron chi connectivity index (χ2n) is 10.9. The van der Waals surface area contributed by atoms with Gasteiger partial charge in [-0.05, 0) is 55.5 Å². The van der Waals surface area contributed by atoms with E-state index >= 15 is 0 Å². The number of phenols is 1. The minimum absolute atomic E-state index is 0.0136. The number of amides is 3. The van der Waals surface area contributed by atoms with Gasteiger partial charge in [0, 0.05) is 30.1 Å². The number of rotatable bonds is 17. The van der Waals surface area contributed by atoms with Gasteiger partial charge >= 0.3 is 0 Å². The molecule has 1 heterocycles. The van der Waals surface area contributed by atoms with Gasteiger partial charge in [0.15, 0.2) is 11.7 Å². The lowest BCUT2D eigenvalue weighted by molar-refractivity contribution is -0.135. The number of aliphatic hydroxyl groups is 1. The summed E-state index contributed by atoms with van der Waals surface area (Å²) < 4.78 is 0. The Morgan fingerprint density at radius 2 is 1.61 bits per heavy atom. The number of hydrogen-bond acceptors (Lipinski definition) is 8. The van der Waals surface area contributed by atoms with Crippen LogP contribution in [0.3, 0.4) is 0 Å². The van der Waals surface area contributed by atoms with Crippen molar-refractivity contribution in [1.82, 2.24) is 20.9 Å². The van der Waals surface area contributed by atoms with E-state index < -0.39 is 53.8 Å². The average Bonchev–Trinajstić information content (AvgIpc) is 3.43. The molecule has 1 aromatic heterocycles. The number of carbonyl (C=O) groups excluding carboxylic acids is 4. The number of aliphatic hydroxyl groups excluding tert-OH is 1. The number of nitrogens with zero attached hydrogens (tertiary/aromatic N) is 1. The number of carbonyl (C=O) groups is 4. The molecule has 1 unspecified atom stereocenters. The minimum atomic E-state index is -1.49. The molecule has 0 saturated heterocycles. The monoisotopic (exact) mass is 656 g/mol. The number of Topliss-reactive ketones (excluding diaryl/α,β-unsaturated/α-hetero) is 1. The number of aromatic hydroxyl groups is 1. The first-order chi connectivity index (χ1) is 21.9. The van der Waals surface area contributed by atoms with Crippen molar-refractivity contribution in [2.75, 3.05) is 12.4 Å². The summed E-state index contributed by atoms with van der Waals surface area (Å²) in [5.74, 6) is -3.19. The highest BCUT2D eigenvalue weighted by Crippen LogP contribution is 2.19. The summed E-state index contributed by atoms with van der Waals surface area (Å²) in [7, 11) is 0. The lowest BCUT2D eigenvalue weighted by Crippen LogP contribution is -2.60. The van der Waals surface area contributed by atoms with Gasteiger partial charge in [-0.1, -0.05) is 30.3 Å². The molecule has 12 N–H and O–H groups in total. The molecule has 0 radical (unpaired) electrons. The molecule has 0 saturated carbocycles. The molecular formula is C31H41ClN8O6. The zero-order chi connectivity index (χ0) is 33.8. The van der Waals surface area contributed by atoms with Crippen LogP contribution < -0.4 is 33.2 Å². The highest BCUT2D eigenvalue weighted by atomic mass is 35.5. The predicted octanol–water partition coefficient (Wildman–Crippen LogP) is -0.317. The lowest BCUT2D eigenvalue weighted by Gasteiger charge is -2.27. The molecule has 3 aromatic rings. The van der Waals surface area contributed by atoms with Crippen LogP contribution in [0.4, 0.5) is 0 Å². The van der Waals surface area contributed by atoms with Crippen LogP contribution in [0.5, 0.6) is 5.75 Å². The van der Waals surface area contributed by atoms with Crippen LogP contribution in [0.25, 0.3) is 10.9 Å². The number of fused-ring (bicyclic) bond motifs is 1. The van der Waals surface area contributed by atoms with Crippen LogP contribution in [0.2, 0.25) is 0 Å². The minimum Gasteiger partial charge on any atom is -0.508 e. The van der Waals surface area contributed by atoms with Crippen LogP contribution in [0, 0.1) is 0 Å². The van der Waals surface area contributed by atoms with E-state index in [2.05, 4.69) is 25.9 Å². The molecule has 3 amide bonds. The zero-order valence-electron chi connectivity index (χ0n) is 25.4. The molecule has 0 fully saturated rings. The van der Waals surface area contributed by atoms with Gasteiger partial charge in [-0.2, -0.15) is 0 Å². The van der Waals surface area contributed by atoms with Gasteiger partial charge in [-0.3, -0.25) is 24.2 Å². The van der Waals surface area contributed by atoms with Crippen LogP contribution in [-0.4, -0.2) is 87.4 Å². The normalized spacial score (nSPS) is 14.3. The number of aliphatic imine (C=N–C) groups is 1. The number of alkyl halides is 1. The van der Waals surface area contributed by atoms with E-state index in [4.69, 9.17) is 28.8 Å². The predicted molar refractivity (Wildman–Crippen MR) is 175 cm³/mol. The van der Waals surface area contributed by atoms with E-state index in [1.54, 1.807) is 18.3 Å². The van der Waals surface area contributed by atoms with Gasteiger partial charge in [0.2, 0.25) is 17.7 Å². The smallest absolute Gasteiger partial charge is 0.245 e. The Bertz CT molecular complexity index is 1520. The fraction of sp³-hybridized carbons (Fsp3) is 0.387. The molecule has 14 nitrogen and oxygen atoms in total. The number of nitrogens with one attached hydrogen (secondary N) is 4. The first-order valence-electron chi connectivity index (χ1n) is 14.7. The fourth-order valence-electron chi connectivity index (χ4n) is 4.82. The molecule has 0 aliphatic heterocycles. The third-order valence-corrected chi connectivity index (χ3v) is 7.57. The van der Waals surface area contributed by atoms with E-state index in [1.165, 1.54) is 19.1 Å². The summed E-state index contributed by atoms with van der Waals surface area (Å²) in [6, 6.07) is 8.83. The van der Waals surface area contributed by atoms with Crippen molar-refractivity contribution in [2.45, 2.75) is 62.9 Å². The molecule has 3 rings (SSSR count). The van der Waals surface area contributed by atoms with Crippen molar-refractivity contribution in [3.05, 3.63) is 65.9 Å². The number of aromatic nitrogens is 1. The van der Waals surface area contributed by atoms with Gasteiger partial charge in [0.25, 0.3) is 0 Å². The number of nitrogens with two attached hydrogens (primary N) is 3. The van der Waals surface area contributed by atoms with Crippen LogP contribution in [0.1, 0.15) is 30.9 Å². The Labute approximate surface area is 271 Å². The number of para-hydroxylation sites is 1. The van der Waals surface area contributed by atoms with E-state index in [9.17, 15) is 29.4 Å². The summed E-state index contributed by atoms with van der Waals surface area (Å²) in [6.45, 7) is 1.51. The SMILES string of the molecule is C[C@@H](O)[C@H](NC(=O)[C@H](Cc1ccc(O)cc1)NC(=O)C(N)Cc1c[nH]c2ccccc12)C(=O)N[C@@H](CCCN=C(N)N)C(=O)CCl. The number of hydrogen-bond donors (Lipinski definition) is 9. The molecule has 2 aromatic carbocycles. The Hall–Kier alpha value is -4.66. The summed E-state index contributed by atoms with van der Waals surface area (Å²) >= 11 is 5.74. The zero-order valence-corrected chi connectivity index (χ0v) is 26.2. The Balaban J connectivity index is 1.75. The van der Waals surface area contributed by atoms with Crippen molar-refractivity contribution in [2.24, 2.45) is 22.2 Å². The van der Waals surface area contributed by atoms with Crippen molar-refractivity contribution >= 4 is 52.0 Å². The highest BCUT2D eigenvalue weighted by molar-refractivity contribution is 6.28. The first kappa shape index (κ1) is 35.8. The molecule has 0 spiro atoms. The van der Waals surface area contributed by atoms with Gasteiger partial charge in [-0.15, -0.1) is 11.6 Å². The largest absolute Gasteiger partial charge is 0.508 e. The standard InChI is InChI=1S/C31H41ClN8O6/c1-17(41)27(30(46)38-24(26(43)15-32)7-4-12-36-31(34)35)40-29(45)25(13-18-8-10-20(42)11-9-18)39-28(44)22(33)14-19-16-37-23-6-3-2-5-21(19)23/h2-3,5-6,8-11,16-17,22,24-25,27,37,41-42H,4,7,12-15,33H2,1H3,(H,38,46)(H,39,44)(H,40,45)(H4,34,35,36)/t17-,22?,24+,25+,27+/m1/s1. The molecule has 248 valence electrons. The third kappa shape index (κ3) is 10.5. The maximum Gasteiger partial charge on any atom is 0.245 e. The van der Waals surface area contributed by atoms with E-state index in [-0.39, 0.29) is 43.4 Å². The van der Waals surface area contributed by atoms with Crippen LogP contribution in [-0.2, 0) is 32.0 Å².